The Morgan fingerprint density at radius 1 is 1.41 bits per heavy atom. The minimum Gasteiger partial charge on any atom is -0.480 e. The van der Waals surface area contributed by atoms with E-state index >= 15 is 0 Å². The monoisotopic (exact) mass is 256 g/mol. The maximum absolute atomic E-state index is 11.7. The Hall–Kier alpha value is -1.56. The third-order valence-corrected chi connectivity index (χ3v) is 3.43. The van der Waals surface area contributed by atoms with E-state index in [0.29, 0.717) is 18.5 Å². The van der Waals surface area contributed by atoms with E-state index < -0.39 is 17.5 Å². The largest absolute Gasteiger partial charge is 0.480 e. The van der Waals surface area contributed by atoms with Crippen molar-refractivity contribution >= 4 is 29.0 Å². The molecule has 1 aromatic rings. The molecular formula is C11H16N2O3S. The summed E-state index contributed by atoms with van der Waals surface area (Å²) in [6.45, 7) is 3.48. The number of hydrogen-bond donors (Lipinski definition) is 3. The van der Waals surface area contributed by atoms with Crippen molar-refractivity contribution < 1.29 is 14.7 Å². The van der Waals surface area contributed by atoms with E-state index in [-0.39, 0.29) is 0 Å². The Bertz CT molecular complexity index is 385. The lowest BCUT2D eigenvalue weighted by Crippen LogP contribution is -2.54. The molecule has 0 aliphatic heterocycles. The molecule has 1 aromatic heterocycles. The molecule has 0 spiro atoms. The Kier molecular flexibility index (Phi) is 4.51. The number of carbonyl (C=O) groups is 2. The van der Waals surface area contributed by atoms with E-state index in [1.807, 2.05) is 5.38 Å². The SMILES string of the molecule is CCC(CC)(NC(=O)Nc1ccsc1)C(=O)O. The van der Waals surface area contributed by atoms with Crippen LogP contribution in [0.2, 0.25) is 0 Å². The van der Waals surface area contributed by atoms with Gasteiger partial charge in [-0.05, 0) is 24.3 Å². The first-order valence-corrected chi connectivity index (χ1v) is 6.33. The van der Waals surface area contributed by atoms with Gasteiger partial charge in [0.05, 0.1) is 5.69 Å². The third-order valence-electron chi connectivity index (χ3n) is 2.75. The fourth-order valence-corrected chi connectivity index (χ4v) is 2.09. The lowest BCUT2D eigenvalue weighted by atomic mass is 9.93. The topological polar surface area (TPSA) is 78.4 Å². The van der Waals surface area contributed by atoms with Crippen molar-refractivity contribution in [2.75, 3.05) is 5.32 Å². The fourth-order valence-electron chi connectivity index (χ4n) is 1.50. The smallest absolute Gasteiger partial charge is 0.329 e. The van der Waals surface area contributed by atoms with Crippen LogP contribution in [0.1, 0.15) is 26.7 Å². The minimum absolute atomic E-state index is 0.343. The Morgan fingerprint density at radius 2 is 2.06 bits per heavy atom. The molecule has 0 bridgehead atoms. The van der Waals surface area contributed by atoms with Gasteiger partial charge in [0.25, 0.3) is 0 Å². The summed E-state index contributed by atoms with van der Waals surface area (Å²) in [6.07, 6.45) is 0.686. The Morgan fingerprint density at radius 3 is 2.47 bits per heavy atom. The third kappa shape index (κ3) is 3.20. The zero-order valence-corrected chi connectivity index (χ0v) is 10.6. The van der Waals surface area contributed by atoms with Gasteiger partial charge in [0.1, 0.15) is 5.54 Å². The number of thiophene rings is 1. The molecule has 0 saturated heterocycles. The molecular weight excluding hydrogens is 240 g/mol. The first kappa shape index (κ1) is 13.5. The number of hydrogen-bond acceptors (Lipinski definition) is 3. The van der Waals surface area contributed by atoms with Crippen LogP contribution in [0.15, 0.2) is 16.8 Å². The van der Waals surface area contributed by atoms with Gasteiger partial charge in [-0.15, -0.1) is 0 Å². The van der Waals surface area contributed by atoms with E-state index in [1.54, 1.807) is 25.3 Å². The second-order valence-electron chi connectivity index (χ2n) is 3.69. The predicted molar refractivity (Wildman–Crippen MR) is 67.4 cm³/mol. The van der Waals surface area contributed by atoms with Gasteiger partial charge < -0.3 is 15.7 Å². The molecule has 1 rings (SSSR count). The molecule has 3 N–H and O–H groups in total. The van der Waals surface area contributed by atoms with Crippen molar-refractivity contribution in [1.29, 1.82) is 0 Å². The van der Waals surface area contributed by atoms with Crippen LogP contribution in [0.25, 0.3) is 0 Å². The van der Waals surface area contributed by atoms with Crippen molar-refractivity contribution in [1.82, 2.24) is 5.32 Å². The zero-order valence-electron chi connectivity index (χ0n) is 9.82. The van der Waals surface area contributed by atoms with Gasteiger partial charge in [0, 0.05) is 5.38 Å². The van der Waals surface area contributed by atoms with Crippen LogP contribution in [-0.2, 0) is 4.79 Å². The summed E-state index contributed by atoms with van der Waals surface area (Å²) < 4.78 is 0. The van der Waals surface area contributed by atoms with Crippen molar-refractivity contribution in [3.05, 3.63) is 16.8 Å². The van der Waals surface area contributed by atoms with Crippen LogP contribution >= 0.6 is 11.3 Å². The summed E-state index contributed by atoms with van der Waals surface area (Å²) in [5.41, 5.74) is -0.529. The highest BCUT2D eigenvalue weighted by atomic mass is 32.1. The lowest BCUT2D eigenvalue weighted by molar-refractivity contribution is -0.144. The van der Waals surface area contributed by atoms with Crippen LogP contribution in [0, 0.1) is 0 Å². The average molecular weight is 256 g/mol. The first-order valence-electron chi connectivity index (χ1n) is 5.39. The van der Waals surface area contributed by atoms with Crippen LogP contribution in [0.3, 0.4) is 0 Å². The summed E-state index contributed by atoms with van der Waals surface area (Å²) in [7, 11) is 0. The minimum atomic E-state index is -1.19. The number of carboxylic acid groups (broad SMARTS) is 1. The highest BCUT2D eigenvalue weighted by molar-refractivity contribution is 7.08. The first-order chi connectivity index (χ1) is 8.04. The van der Waals surface area contributed by atoms with E-state index in [4.69, 9.17) is 5.11 Å². The van der Waals surface area contributed by atoms with Crippen molar-refractivity contribution in [2.45, 2.75) is 32.2 Å². The molecule has 0 aromatic carbocycles. The van der Waals surface area contributed by atoms with Crippen molar-refractivity contribution in [2.24, 2.45) is 0 Å². The Balaban J connectivity index is 2.68. The summed E-state index contributed by atoms with van der Waals surface area (Å²) in [5.74, 6) is -1.01. The fraction of sp³-hybridized carbons (Fsp3) is 0.455. The van der Waals surface area contributed by atoms with Crippen LogP contribution in [-0.4, -0.2) is 22.6 Å². The zero-order chi connectivity index (χ0) is 12.9. The van der Waals surface area contributed by atoms with Gasteiger partial charge in [-0.2, -0.15) is 11.3 Å². The number of carbonyl (C=O) groups excluding carboxylic acids is 1. The number of urea groups is 1. The summed E-state index contributed by atoms with van der Waals surface area (Å²) >= 11 is 1.46. The van der Waals surface area contributed by atoms with Gasteiger partial charge in [-0.3, -0.25) is 0 Å². The van der Waals surface area contributed by atoms with Crippen LogP contribution in [0.5, 0.6) is 0 Å². The van der Waals surface area contributed by atoms with Gasteiger partial charge in [0.15, 0.2) is 0 Å². The number of rotatable bonds is 5. The number of carboxylic acids is 1. The van der Waals surface area contributed by atoms with Gasteiger partial charge in [-0.1, -0.05) is 13.8 Å². The summed E-state index contributed by atoms with van der Waals surface area (Å²) in [4.78, 5) is 22.8. The quantitative estimate of drug-likeness (QED) is 0.757. The molecule has 0 aliphatic rings. The molecule has 0 aliphatic carbocycles. The standard InChI is InChI=1S/C11H16N2O3S/c1-3-11(4-2,9(14)15)13-10(16)12-8-5-6-17-7-8/h5-7H,3-4H2,1-2H3,(H,14,15)(H2,12,13,16). The molecule has 17 heavy (non-hydrogen) atoms. The number of aliphatic carboxylic acids is 1. The normalized spacial score (nSPS) is 10.9. The highest BCUT2D eigenvalue weighted by Gasteiger charge is 2.36. The van der Waals surface area contributed by atoms with Crippen molar-refractivity contribution in [3.63, 3.8) is 0 Å². The van der Waals surface area contributed by atoms with Gasteiger partial charge >= 0.3 is 12.0 Å². The second kappa shape index (κ2) is 5.67. The maximum Gasteiger partial charge on any atom is 0.329 e. The molecule has 0 radical (unpaired) electrons. The summed E-state index contributed by atoms with van der Waals surface area (Å²) in [5, 5.41) is 17.9. The lowest BCUT2D eigenvalue weighted by Gasteiger charge is -2.27. The molecule has 0 saturated carbocycles. The van der Waals surface area contributed by atoms with Gasteiger partial charge in [0.2, 0.25) is 0 Å². The number of amides is 2. The summed E-state index contributed by atoms with van der Waals surface area (Å²) in [6, 6.07) is 1.26. The average Bonchev–Trinajstić information content (AvgIpc) is 2.78. The van der Waals surface area contributed by atoms with E-state index in [9.17, 15) is 9.59 Å². The van der Waals surface area contributed by atoms with Gasteiger partial charge in [-0.25, -0.2) is 9.59 Å². The molecule has 0 unspecified atom stereocenters. The van der Waals surface area contributed by atoms with E-state index in [1.165, 1.54) is 11.3 Å². The highest BCUT2D eigenvalue weighted by Crippen LogP contribution is 2.17. The molecule has 0 fully saturated rings. The molecule has 0 atom stereocenters. The van der Waals surface area contributed by atoms with Crippen molar-refractivity contribution in [3.8, 4) is 0 Å². The van der Waals surface area contributed by atoms with Crippen LogP contribution in [0.4, 0.5) is 10.5 Å². The molecule has 94 valence electrons. The second-order valence-corrected chi connectivity index (χ2v) is 4.47. The molecule has 2 amide bonds. The maximum atomic E-state index is 11.7. The molecule has 1 heterocycles. The van der Waals surface area contributed by atoms with Crippen LogP contribution < -0.4 is 10.6 Å². The van der Waals surface area contributed by atoms with E-state index in [2.05, 4.69) is 10.6 Å². The molecule has 6 heteroatoms. The predicted octanol–water partition coefficient (Wildman–Crippen LogP) is 2.51. The van der Waals surface area contributed by atoms with E-state index in [0.717, 1.165) is 0 Å². The Labute approximate surface area is 104 Å². The number of nitrogens with one attached hydrogen (secondary N) is 2. The number of anilines is 1. The molecule has 5 nitrogen and oxygen atoms in total.